The van der Waals surface area contributed by atoms with Crippen LogP contribution >= 0.6 is 0 Å². The second-order valence-electron chi connectivity index (χ2n) is 5.95. The predicted octanol–water partition coefficient (Wildman–Crippen LogP) is 4.53. The molecule has 1 aliphatic carbocycles. The lowest BCUT2D eigenvalue weighted by atomic mass is 9.80. The van der Waals surface area contributed by atoms with Crippen molar-refractivity contribution in [2.24, 2.45) is 5.92 Å². The number of hydrogen-bond acceptors (Lipinski definition) is 1. The van der Waals surface area contributed by atoms with Crippen LogP contribution in [0.25, 0.3) is 0 Å². The topological polar surface area (TPSA) is 9.23 Å². The zero-order valence-electron chi connectivity index (χ0n) is 11.2. The fourth-order valence-corrected chi connectivity index (χ4v) is 3.64. The SMILES string of the molecule is c1ccc(C2CCC(C3CCCCC3)OC2)cc1. The Morgan fingerprint density at radius 3 is 2.28 bits per heavy atom. The van der Waals surface area contributed by atoms with Crippen LogP contribution in [0, 0.1) is 5.92 Å². The Hall–Kier alpha value is -0.820. The van der Waals surface area contributed by atoms with E-state index in [9.17, 15) is 0 Å². The summed E-state index contributed by atoms with van der Waals surface area (Å²) in [6.07, 6.45) is 10.2. The van der Waals surface area contributed by atoms with Gasteiger partial charge in [0.1, 0.15) is 0 Å². The lowest BCUT2D eigenvalue weighted by molar-refractivity contribution is -0.0398. The van der Waals surface area contributed by atoms with E-state index in [1.165, 1.54) is 50.5 Å². The van der Waals surface area contributed by atoms with Gasteiger partial charge >= 0.3 is 0 Å². The first-order valence-electron chi connectivity index (χ1n) is 7.60. The van der Waals surface area contributed by atoms with Crippen LogP contribution in [0.5, 0.6) is 0 Å². The molecule has 2 atom stereocenters. The second-order valence-corrected chi connectivity index (χ2v) is 5.95. The molecule has 2 fully saturated rings. The Morgan fingerprint density at radius 1 is 0.833 bits per heavy atom. The molecule has 1 saturated heterocycles. The minimum absolute atomic E-state index is 0.560. The molecule has 1 aliphatic heterocycles. The molecule has 3 rings (SSSR count). The van der Waals surface area contributed by atoms with E-state index >= 15 is 0 Å². The van der Waals surface area contributed by atoms with Gasteiger partial charge in [0.25, 0.3) is 0 Å². The lowest BCUT2D eigenvalue weighted by Gasteiger charge is -2.36. The van der Waals surface area contributed by atoms with Gasteiger partial charge in [-0.2, -0.15) is 0 Å². The average molecular weight is 244 g/mol. The molecule has 98 valence electrons. The maximum absolute atomic E-state index is 6.18. The number of benzene rings is 1. The summed E-state index contributed by atoms with van der Waals surface area (Å²) in [7, 11) is 0. The summed E-state index contributed by atoms with van der Waals surface area (Å²) < 4.78 is 6.18. The van der Waals surface area contributed by atoms with Crippen LogP contribution in [0.3, 0.4) is 0 Å². The van der Waals surface area contributed by atoms with E-state index in [0.29, 0.717) is 12.0 Å². The van der Waals surface area contributed by atoms with Crippen molar-refractivity contribution in [3.8, 4) is 0 Å². The minimum Gasteiger partial charge on any atom is -0.377 e. The molecule has 2 aliphatic rings. The summed E-state index contributed by atoms with van der Waals surface area (Å²) in [5.74, 6) is 1.49. The van der Waals surface area contributed by atoms with Crippen molar-refractivity contribution in [3.63, 3.8) is 0 Å². The predicted molar refractivity (Wildman–Crippen MR) is 74.7 cm³/mol. The van der Waals surface area contributed by atoms with E-state index in [1.807, 2.05) is 0 Å². The third kappa shape index (κ3) is 2.77. The van der Waals surface area contributed by atoms with Gasteiger partial charge in [0.15, 0.2) is 0 Å². The average Bonchev–Trinajstić information content (AvgIpc) is 2.49. The van der Waals surface area contributed by atoms with Gasteiger partial charge in [0.2, 0.25) is 0 Å². The summed E-state index contributed by atoms with van der Waals surface area (Å²) in [6.45, 7) is 0.936. The molecule has 0 bridgehead atoms. The van der Waals surface area contributed by atoms with E-state index in [0.717, 1.165) is 12.5 Å². The highest BCUT2D eigenvalue weighted by atomic mass is 16.5. The molecule has 0 N–H and O–H groups in total. The van der Waals surface area contributed by atoms with Gasteiger partial charge in [-0.05, 0) is 37.2 Å². The fourth-order valence-electron chi connectivity index (χ4n) is 3.64. The van der Waals surface area contributed by atoms with E-state index in [2.05, 4.69) is 30.3 Å². The van der Waals surface area contributed by atoms with Crippen molar-refractivity contribution in [2.45, 2.75) is 57.0 Å². The summed E-state index contributed by atoms with van der Waals surface area (Å²) in [5, 5.41) is 0. The minimum atomic E-state index is 0.560. The molecule has 18 heavy (non-hydrogen) atoms. The second kappa shape index (κ2) is 5.88. The fraction of sp³-hybridized carbons (Fsp3) is 0.647. The maximum Gasteiger partial charge on any atom is 0.0603 e. The van der Waals surface area contributed by atoms with Crippen molar-refractivity contribution in [2.75, 3.05) is 6.61 Å². The van der Waals surface area contributed by atoms with Gasteiger partial charge in [-0.25, -0.2) is 0 Å². The molecule has 1 nitrogen and oxygen atoms in total. The first-order valence-corrected chi connectivity index (χ1v) is 7.60. The standard InChI is InChI=1S/C17H24O/c1-3-7-14(8-4-1)16-11-12-17(18-13-16)15-9-5-2-6-10-15/h1,3-4,7-8,15-17H,2,5-6,9-13H2. The molecular formula is C17H24O. The Morgan fingerprint density at radius 2 is 1.61 bits per heavy atom. The van der Waals surface area contributed by atoms with Gasteiger partial charge in [-0.1, -0.05) is 49.6 Å². The van der Waals surface area contributed by atoms with Crippen molar-refractivity contribution in [1.82, 2.24) is 0 Å². The van der Waals surface area contributed by atoms with Crippen molar-refractivity contribution in [1.29, 1.82) is 0 Å². The molecule has 1 heterocycles. The highest BCUT2D eigenvalue weighted by Gasteiger charge is 2.29. The Balaban J connectivity index is 1.54. The quantitative estimate of drug-likeness (QED) is 0.742. The molecule has 2 unspecified atom stereocenters. The van der Waals surface area contributed by atoms with Crippen LogP contribution in [-0.2, 0) is 4.74 Å². The Labute approximate surface area is 111 Å². The van der Waals surface area contributed by atoms with Crippen molar-refractivity contribution in [3.05, 3.63) is 35.9 Å². The first kappa shape index (κ1) is 12.2. The van der Waals surface area contributed by atoms with Crippen molar-refractivity contribution < 1.29 is 4.74 Å². The molecule has 1 aromatic rings. The molecule has 0 spiro atoms. The number of rotatable bonds is 2. The zero-order valence-corrected chi connectivity index (χ0v) is 11.2. The summed E-state index contributed by atoms with van der Waals surface area (Å²) in [6, 6.07) is 10.9. The summed E-state index contributed by atoms with van der Waals surface area (Å²) >= 11 is 0. The van der Waals surface area contributed by atoms with Gasteiger partial charge in [-0.15, -0.1) is 0 Å². The van der Waals surface area contributed by atoms with Gasteiger partial charge < -0.3 is 4.74 Å². The third-order valence-corrected chi connectivity index (χ3v) is 4.76. The van der Waals surface area contributed by atoms with E-state index in [4.69, 9.17) is 4.74 Å². The number of hydrogen-bond donors (Lipinski definition) is 0. The van der Waals surface area contributed by atoms with Gasteiger partial charge in [-0.3, -0.25) is 0 Å². The molecule has 1 saturated carbocycles. The summed E-state index contributed by atoms with van der Waals surface area (Å²) in [5.41, 5.74) is 1.46. The van der Waals surface area contributed by atoms with Crippen LogP contribution < -0.4 is 0 Å². The van der Waals surface area contributed by atoms with Gasteiger partial charge in [0, 0.05) is 5.92 Å². The van der Waals surface area contributed by atoms with Crippen LogP contribution in [-0.4, -0.2) is 12.7 Å². The van der Waals surface area contributed by atoms with Crippen LogP contribution in [0.1, 0.15) is 56.4 Å². The van der Waals surface area contributed by atoms with E-state index < -0.39 is 0 Å². The molecule has 0 amide bonds. The molecule has 1 heteroatoms. The third-order valence-electron chi connectivity index (χ3n) is 4.76. The zero-order chi connectivity index (χ0) is 12.2. The lowest BCUT2D eigenvalue weighted by Crippen LogP contribution is -2.32. The monoisotopic (exact) mass is 244 g/mol. The first-order chi connectivity index (χ1) is 8.93. The van der Waals surface area contributed by atoms with Crippen molar-refractivity contribution >= 4 is 0 Å². The normalized spacial score (nSPS) is 30.2. The summed E-state index contributed by atoms with van der Waals surface area (Å²) in [4.78, 5) is 0. The van der Waals surface area contributed by atoms with Crippen LogP contribution in [0.15, 0.2) is 30.3 Å². The highest BCUT2D eigenvalue weighted by molar-refractivity contribution is 5.19. The number of ether oxygens (including phenoxy) is 1. The van der Waals surface area contributed by atoms with E-state index in [-0.39, 0.29) is 0 Å². The Bertz CT molecular complexity index is 345. The highest BCUT2D eigenvalue weighted by Crippen LogP contribution is 2.36. The molecule has 0 aromatic heterocycles. The molecule has 1 aromatic carbocycles. The molecular weight excluding hydrogens is 220 g/mol. The van der Waals surface area contributed by atoms with E-state index in [1.54, 1.807) is 0 Å². The Kier molecular flexibility index (Phi) is 3.99. The van der Waals surface area contributed by atoms with Crippen LogP contribution in [0.2, 0.25) is 0 Å². The van der Waals surface area contributed by atoms with Crippen LogP contribution in [0.4, 0.5) is 0 Å². The molecule has 0 radical (unpaired) electrons. The largest absolute Gasteiger partial charge is 0.377 e. The smallest absolute Gasteiger partial charge is 0.0603 e. The maximum atomic E-state index is 6.18. The van der Waals surface area contributed by atoms with Gasteiger partial charge in [0.05, 0.1) is 12.7 Å².